The van der Waals surface area contributed by atoms with Gasteiger partial charge in [0.25, 0.3) is 5.56 Å². The summed E-state index contributed by atoms with van der Waals surface area (Å²) >= 11 is 0. The first-order chi connectivity index (χ1) is 20.0. The number of benzene rings is 2. The van der Waals surface area contributed by atoms with Crippen LogP contribution >= 0.6 is 0 Å². The van der Waals surface area contributed by atoms with Crippen LogP contribution in [0.3, 0.4) is 0 Å². The molecule has 1 saturated carbocycles. The molecule has 0 spiro atoms. The van der Waals surface area contributed by atoms with Gasteiger partial charge in [-0.25, -0.2) is 4.68 Å². The van der Waals surface area contributed by atoms with Crippen molar-refractivity contribution in [1.82, 2.24) is 35.1 Å². The van der Waals surface area contributed by atoms with E-state index in [4.69, 9.17) is 4.74 Å². The summed E-state index contributed by atoms with van der Waals surface area (Å²) in [6.45, 7) is 5.21. The molecular formula is C32H35N7O2. The first-order valence-corrected chi connectivity index (χ1v) is 14.2. The Labute approximate surface area is 239 Å². The lowest BCUT2D eigenvalue weighted by Crippen LogP contribution is -2.35. The number of H-pyrrole nitrogens is 1. The number of nitrogens with zero attached hydrogens (tertiary/aromatic N) is 6. The van der Waals surface area contributed by atoms with Gasteiger partial charge in [0.15, 0.2) is 5.82 Å². The molecule has 1 aliphatic rings. The van der Waals surface area contributed by atoms with Crippen molar-refractivity contribution in [1.29, 1.82) is 0 Å². The van der Waals surface area contributed by atoms with E-state index in [0.29, 0.717) is 24.5 Å². The summed E-state index contributed by atoms with van der Waals surface area (Å²) in [6, 6.07) is 17.9. The third-order valence-electron chi connectivity index (χ3n) is 8.22. The van der Waals surface area contributed by atoms with Crippen molar-refractivity contribution in [3.63, 3.8) is 0 Å². The number of ether oxygens (including phenoxy) is 1. The van der Waals surface area contributed by atoms with Crippen LogP contribution in [-0.2, 0) is 13.1 Å². The highest BCUT2D eigenvalue weighted by Gasteiger charge is 2.33. The van der Waals surface area contributed by atoms with E-state index in [0.717, 1.165) is 64.6 Å². The van der Waals surface area contributed by atoms with Crippen molar-refractivity contribution < 1.29 is 4.74 Å². The zero-order chi connectivity index (χ0) is 28.3. The molecule has 9 heteroatoms. The Bertz CT molecular complexity index is 1690. The van der Waals surface area contributed by atoms with E-state index < -0.39 is 6.04 Å². The lowest BCUT2D eigenvalue weighted by molar-refractivity contribution is 0.190. The first-order valence-electron chi connectivity index (χ1n) is 14.2. The number of hydrogen-bond donors (Lipinski definition) is 1. The zero-order valence-corrected chi connectivity index (χ0v) is 23.7. The predicted molar refractivity (Wildman–Crippen MR) is 158 cm³/mol. The van der Waals surface area contributed by atoms with Gasteiger partial charge in [0.1, 0.15) is 11.8 Å². The molecule has 1 fully saturated rings. The van der Waals surface area contributed by atoms with Gasteiger partial charge >= 0.3 is 0 Å². The average Bonchev–Trinajstić information content (AvgIpc) is 3.69. The Hall–Kier alpha value is -4.37. The van der Waals surface area contributed by atoms with Crippen molar-refractivity contribution >= 4 is 10.9 Å². The van der Waals surface area contributed by atoms with Crippen LogP contribution in [0, 0.1) is 13.8 Å². The van der Waals surface area contributed by atoms with Crippen LogP contribution in [0.1, 0.15) is 71.4 Å². The van der Waals surface area contributed by atoms with E-state index in [2.05, 4.69) is 61.6 Å². The number of aromatic amines is 1. The minimum Gasteiger partial charge on any atom is -0.497 e. The standard InChI is InChI=1S/C32H35N7O2/c1-21-10-11-22(2)29-27(21)17-28(32(40)34-29)30(31-35-36-37-39(31)25-8-4-5-9-25)38(20-24-7-6-16-33-18-24)19-23-12-14-26(41-3)15-13-23/h6-7,10-18,25,30H,4-5,8-9,19-20H2,1-3H3,(H,34,40)/t30-/m0/s1. The predicted octanol–water partition coefficient (Wildman–Crippen LogP) is 5.44. The molecule has 3 heterocycles. The summed E-state index contributed by atoms with van der Waals surface area (Å²) in [6.07, 6.45) is 7.99. The van der Waals surface area contributed by atoms with Gasteiger partial charge in [0.2, 0.25) is 0 Å². The van der Waals surface area contributed by atoms with E-state index in [1.807, 2.05) is 48.1 Å². The average molecular weight is 550 g/mol. The van der Waals surface area contributed by atoms with Crippen molar-refractivity contribution in [3.8, 4) is 5.75 Å². The molecule has 5 aromatic rings. The largest absolute Gasteiger partial charge is 0.497 e. The van der Waals surface area contributed by atoms with Gasteiger partial charge in [-0.05, 0) is 83.6 Å². The van der Waals surface area contributed by atoms with Gasteiger partial charge < -0.3 is 9.72 Å². The zero-order valence-electron chi connectivity index (χ0n) is 23.7. The second kappa shape index (κ2) is 11.6. The fourth-order valence-electron chi connectivity index (χ4n) is 6.01. The van der Waals surface area contributed by atoms with Crippen molar-refractivity contribution in [3.05, 3.63) is 111 Å². The van der Waals surface area contributed by atoms with Crippen LogP contribution in [0.5, 0.6) is 5.75 Å². The number of methoxy groups -OCH3 is 1. The highest BCUT2D eigenvalue weighted by Crippen LogP contribution is 2.35. The highest BCUT2D eigenvalue weighted by molar-refractivity contribution is 5.85. The van der Waals surface area contributed by atoms with Crippen molar-refractivity contribution in [2.24, 2.45) is 0 Å². The molecule has 1 aliphatic carbocycles. The lowest BCUT2D eigenvalue weighted by atomic mass is 9.98. The second-order valence-electron chi connectivity index (χ2n) is 11.0. The smallest absolute Gasteiger partial charge is 0.253 e. The molecule has 1 atom stereocenters. The van der Waals surface area contributed by atoms with Crippen LogP contribution < -0.4 is 10.3 Å². The molecule has 9 nitrogen and oxygen atoms in total. The Morgan fingerprint density at radius 2 is 1.78 bits per heavy atom. The van der Waals surface area contributed by atoms with Crippen LogP contribution in [-0.4, -0.2) is 42.2 Å². The van der Waals surface area contributed by atoms with Crippen LogP contribution in [0.25, 0.3) is 10.9 Å². The number of tetrazole rings is 1. The number of aryl methyl sites for hydroxylation is 2. The molecule has 3 aromatic heterocycles. The van der Waals surface area contributed by atoms with Gasteiger partial charge in [-0.15, -0.1) is 5.10 Å². The summed E-state index contributed by atoms with van der Waals surface area (Å²) in [5.74, 6) is 1.48. The van der Waals surface area contributed by atoms with Crippen LogP contribution in [0.2, 0.25) is 0 Å². The van der Waals surface area contributed by atoms with Crippen molar-refractivity contribution in [2.75, 3.05) is 7.11 Å². The molecule has 0 saturated heterocycles. The molecule has 0 radical (unpaired) electrons. The SMILES string of the molecule is COc1ccc(CN(Cc2cccnc2)[C@@H](c2cc3c(C)ccc(C)c3[nH]c2=O)c2nnnn2C2CCCC2)cc1. The minimum atomic E-state index is -0.499. The third kappa shape index (κ3) is 5.50. The maximum atomic E-state index is 14.0. The minimum absolute atomic E-state index is 0.136. The second-order valence-corrected chi connectivity index (χ2v) is 11.0. The summed E-state index contributed by atoms with van der Waals surface area (Å²) in [5, 5.41) is 14.3. The van der Waals surface area contributed by atoms with Gasteiger partial charge in [0.05, 0.1) is 18.7 Å². The number of rotatable bonds is 9. The summed E-state index contributed by atoms with van der Waals surface area (Å²) in [7, 11) is 1.66. The maximum absolute atomic E-state index is 14.0. The molecular weight excluding hydrogens is 514 g/mol. The fraction of sp³-hybridized carbons (Fsp3) is 0.344. The molecule has 0 amide bonds. The topological polar surface area (TPSA) is 102 Å². The van der Waals surface area contributed by atoms with Crippen molar-refractivity contribution in [2.45, 2.75) is 64.7 Å². The van der Waals surface area contributed by atoms with E-state index in [1.54, 1.807) is 13.3 Å². The normalized spacial score (nSPS) is 14.6. The van der Waals surface area contributed by atoms with Crippen LogP contribution in [0.15, 0.2) is 71.8 Å². The number of pyridine rings is 2. The Morgan fingerprint density at radius 3 is 2.51 bits per heavy atom. The summed E-state index contributed by atoms with van der Waals surface area (Å²) in [4.78, 5) is 23.8. The Balaban J connectivity index is 1.55. The Morgan fingerprint density at radius 1 is 1.02 bits per heavy atom. The van der Waals surface area contributed by atoms with Gasteiger partial charge in [-0.1, -0.05) is 43.2 Å². The van der Waals surface area contributed by atoms with E-state index >= 15 is 0 Å². The fourth-order valence-corrected chi connectivity index (χ4v) is 6.01. The monoisotopic (exact) mass is 549 g/mol. The van der Waals surface area contributed by atoms with E-state index in [9.17, 15) is 4.79 Å². The Kier molecular flexibility index (Phi) is 7.61. The molecule has 2 aromatic carbocycles. The molecule has 0 aliphatic heterocycles. The number of hydrogen-bond acceptors (Lipinski definition) is 7. The molecule has 0 unspecified atom stereocenters. The first kappa shape index (κ1) is 26.8. The molecule has 0 bridgehead atoms. The molecule has 6 rings (SSSR count). The molecule has 210 valence electrons. The maximum Gasteiger partial charge on any atom is 0.253 e. The van der Waals surface area contributed by atoms with Gasteiger partial charge in [-0.2, -0.15) is 0 Å². The summed E-state index contributed by atoms with van der Waals surface area (Å²) in [5.41, 5.74) is 5.61. The van der Waals surface area contributed by atoms with Crippen LogP contribution in [0.4, 0.5) is 0 Å². The molecule has 41 heavy (non-hydrogen) atoms. The number of nitrogens with one attached hydrogen (secondary N) is 1. The van der Waals surface area contributed by atoms with E-state index in [1.165, 1.54) is 0 Å². The van der Waals surface area contributed by atoms with Gasteiger partial charge in [-0.3, -0.25) is 14.7 Å². The van der Waals surface area contributed by atoms with E-state index in [-0.39, 0.29) is 11.6 Å². The number of aromatic nitrogens is 6. The summed E-state index contributed by atoms with van der Waals surface area (Å²) < 4.78 is 7.37. The lowest BCUT2D eigenvalue weighted by Gasteiger charge is -2.32. The van der Waals surface area contributed by atoms with Gasteiger partial charge in [0, 0.05) is 36.4 Å². The molecule has 1 N–H and O–H groups in total. The number of fused-ring (bicyclic) bond motifs is 1. The highest BCUT2D eigenvalue weighted by atomic mass is 16.5. The quantitative estimate of drug-likeness (QED) is 0.261. The third-order valence-corrected chi connectivity index (χ3v) is 8.22.